The van der Waals surface area contributed by atoms with Gasteiger partial charge in [0.25, 0.3) is 17.7 Å². The summed E-state index contributed by atoms with van der Waals surface area (Å²) in [4.78, 5) is 42.7. The second kappa shape index (κ2) is 14.4. The predicted molar refractivity (Wildman–Crippen MR) is 151 cm³/mol. The Hall–Kier alpha value is -3.59. The highest BCUT2D eigenvalue weighted by Gasteiger charge is 2.30. The van der Waals surface area contributed by atoms with Crippen molar-refractivity contribution in [1.29, 1.82) is 0 Å². The number of carbonyl (C=O) groups is 3. The second-order valence-electron chi connectivity index (χ2n) is 9.34. The number of nitrogens with zero attached hydrogens (tertiary/aromatic N) is 1. The Morgan fingerprint density at radius 2 is 1.76 bits per heavy atom. The number of halogens is 1. The number of thiophene rings is 1. The van der Waals surface area contributed by atoms with Gasteiger partial charge >= 0.3 is 0 Å². The fourth-order valence-electron chi connectivity index (χ4n) is 3.79. The first-order valence-electron chi connectivity index (χ1n) is 12.7. The molecule has 0 saturated heterocycles. The van der Waals surface area contributed by atoms with Gasteiger partial charge in [0.05, 0.1) is 27.4 Å². The van der Waals surface area contributed by atoms with Gasteiger partial charge < -0.3 is 16.4 Å². The molecule has 1 aliphatic heterocycles. The summed E-state index contributed by atoms with van der Waals surface area (Å²) in [5.41, 5.74) is 9.22. The van der Waals surface area contributed by atoms with Crippen molar-refractivity contribution in [3.8, 4) is 10.4 Å². The van der Waals surface area contributed by atoms with Gasteiger partial charge in [-0.3, -0.25) is 19.4 Å². The van der Waals surface area contributed by atoms with Crippen LogP contribution in [0.1, 0.15) is 81.5 Å². The number of nitrogens with one attached hydrogen (secondary N) is 2. The van der Waals surface area contributed by atoms with Gasteiger partial charge in [-0.15, -0.1) is 11.3 Å². The van der Waals surface area contributed by atoms with Crippen molar-refractivity contribution in [1.82, 2.24) is 15.6 Å². The number of nitrogens with two attached hydrogens (primary N) is 1. The predicted octanol–water partition coefficient (Wildman–Crippen LogP) is 5.30. The first-order valence-corrected chi connectivity index (χ1v) is 13.5. The summed E-state index contributed by atoms with van der Waals surface area (Å²) in [5.74, 6) is -1.02. The molecule has 7 nitrogen and oxygen atoms in total. The first kappa shape index (κ1) is 30.6. The molecule has 3 heterocycles. The molecule has 0 aliphatic carbocycles. The molecule has 1 aliphatic rings. The van der Waals surface area contributed by atoms with Crippen LogP contribution in [0.4, 0.5) is 4.39 Å². The molecule has 3 aromatic rings. The van der Waals surface area contributed by atoms with Gasteiger partial charge in [0.15, 0.2) is 0 Å². The van der Waals surface area contributed by atoms with Gasteiger partial charge in [0.2, 0.25) is 0 Å². The third-order valence-electron chi connectivity index (χ3n) is 5.38. The molecule has 0 fully saturated rings. The van der Waals surface area contributed by atoms with Crippen LogP contribution in [0.15, 0.2) is 36.4 Å². The average molecular weight is 541 g/mol. The maximum Gasteiger partial charge on any atom is 0.261 e. The van der Waals surface area contributed by atoms with E-state index in [1.807, 2.05) is 20.8 Å². The number of carbonyl (C=O) groups excluding carboxylic acids is 3. The number of amides is 3. The van der Waals surface area contributed by atoms with E-state index < -0.39 is 5.91 Å². The normalized spacial score (nSPS) is 11.8. The van der Waals surface area contributed by atoms with Crippen molar-refractivity contribution >= 4 is 29.1 Å². The lowest BCUT2D eigenvalue weighted by Gasteiger charge is -2.23. The Balaban J connectivity index is 0.000000385. The zero-order chi connectivity index (χ0) is 28.4. The van der Waals surface area contributed by atoms with Crippen molar-refractivity contribution in [2.24, 2.45) is 11.7 Å². The van der Waals surface area contributed by atoms with Crippen LogP contribution in [0.5, 0.6) is 0 Å². The molecule has 0 radical (unpaired) electrons. The summed E-state index contributed by atoms with van der Waals surface area (Å²) in [5, 5.41) is 5.39. The minimum absolute atomic E-state index is 0.171. The molecular formula is C29H37FN4O3S. The third-order valence-corrected chi connectivity index (χ3v) is 6.49. The number of hydrogen-bond donors (Lipinski definition) is 3. The third kappa shape index (κ3) is 7.95. The molecule has 0 atom stereocenters. The summed E-state index contributed by atoms with van der Waals surface area (Å²) in [7, 11) is 1.55. The van der Waals surface area contributed by atoms with Crippen molar-refractivity contribution in [3.63, 3.8) is 0 Å². The molecule has 4 N–H and O–H groups in total. The van der Waals surface area contributed by atoms with Gasteiger partial charge in [-0.05, 0) is 43.5 Å². The summed E-state index contributed by atoms with van der Waals surface area (Å²) in [6, 6.07) is 9.83. The van der Waals surface area contributed by atoms with Crippen LogP contribution in [0.25, 0.3) is 10.4 Å². The summed E-state index contributed by atoms with van der Waals surface area (Å²) < 4.78 is 12.1. The van der Waals surface area contributed by atoms with Crippen LogP contribution in [0, 0.1) is 18.7 Å². The molecule has 0 bridgehead atoms. The highest BCUT2D eigenvalue weighted by atomic mass is 32.1. The molecule has 204 valence electrons. The SMILES string of the molecule is CCC.CNC(=O)c1ccc(-c2c(C(N)=O)c(CC(C)C)nc3c2C(=O)NCC3)s1.Cc1ccc(F)cc1. The van der Waals surface area contributed by atoms with Gasteiger partial charge in [-0.1, -0.05) is 51.8 Å². The van der Waals surface area contributed by atoms with Gasteiger partial charge in [0.1, 0.15) is 5.82 Å². The minimum Gasteiger partial charge on any atom is -0.366 e. The quantitative estimate of drug-likeness (QED) is 0.407. The lowest BCUT2D eigenvalue weighted by Crippen LogP contribution is -2.34. The van der Waals surface area contributed by atoms with Crippen LogP contribution in [0.3, 0.4) is 0 Å². The zero-order valence-corrected chi connectivity index (χ0v) is 23.7. The van der Waals surface area contributed by atoms with E-state index in [1.165, 1.54) is 29.9 Å². The molecule has 0 spiro atoms. The largest absolute Gasteiger partial charge is 0.366 e. The molecule has 0 saturated carbocycles. The minimum atomic E-state index is -0.621. The van der Waals surface area contributed by atoms with E-state index in [9.17, 15) is 18.8 Å². The molecule has 0 unspecified atom stereocenters. The Labute approximate surface area is 228 Å². The number of pyridine rings is 1. The molecule has 38 heavy (non-hydrogen) atoms. The maximum absolute atomic E-state index is 12.6. The zero-order valence-electron chi connectivity index (χ0n) is 22.9. The van der Waals surface area contributed by atoms with Crippen molar-refractivity contribution in [2.45, 2.75) is 53.9 Å². The lowest BCUT2D eigenvalue weighted by atomic mass is 9.90. The smallest absolute Gasteiger partial charge is 0.261 e. The highest BCUT2D eigenvalue weighted by Crippen LogP contribution is 2.37. The highest BCUT2D eigenvalue weighted by molar-refractivity contribution is 7.17. The molecule has 9 heteroatoms. The van der Waals surface area contributed by atoms with E-state index in [-0.39, 0.29) is 29.1 Å². The second-order valence-corrected chi connectivity index (χ2v) is 10.4. The Morgan fingerprint density at radius 1 is 1.13 bits per heavy atom. The molecule has 4 rings (SSSR count). The standard InChI is InChI=1S/C19H22N4O3S.C7H7F.C3H8/c1-9(2)8-11-14(17(20)24)16(12-4-5-13(27-12)18(25)21-3)15-10(23-11)6-7-22-19(15)26;1-6-2-4-7(8)5-3-6;1-3-2/h4-5,9H,6-8H2,1-3H3,(H2,20,24)(H,21,25)(H,22,26);2-5H,1H3;3H2,1-2H3. The fourth-order valence-corrected chi connectivity index (χ4v) is 4.80. The lowest BCUT2D eigenvalue weighted by molar-refractivity contribution is 0.0943. The van der Waals surface area contributed by atoms with Gasteiger partial charge in [-0.25, -0.2) is 4.39 Å². The number of aryl methyl sites for hydroxylation is 1. The number of benzene rings is 1. The molecule has 2 aromatic heterocycles. The number of aromatic nitrogens is 1. The van der Waals surface area contributed by atoms with Crippen molar-refractivity contribution in [2.75, 3.05) is 13.6 Å². The molecular weight excluding hydrogens is 503 g/mol. The van der Waals surface area contributed by atoms with Crippen molar-refractivity contribution in [3.05, 3.63) is 75.2 Å². The van der Waals surface area contributed by atoms with Crippen LogP contribution in [0.2, 0.25) is 0 Å². The fraction of sp³-hybridized carbons (Fsp3) is 0.379. The Bertz CT molecular complexity index is 1250. The number of primary amides is 1. The van der Waals surface area contributed by atoms with E-state index in [0.29, 0.717) is 51.7 Å². The van der Waals surface area contributed by atoms with Crippen LogP contribution in [-0.2, 0) is 12.8 Å². The van der Waals surface area contributed by atoms with E-state index in [0.717, 1.165) is 5.56 Å². The Morgan fingerprint density at radius 3 is 2.29 bits per heavy atom. The summed E-state index contributed by atoms with van der Waals surface area (Å²) >= 11 is 1.23. The number of fused-ring (bicyclic) bond motifs is 1. The van der Waals surface area contributed by atoms with Crippen LogP contribution >= 0.6 is 11.3 Å². The number of rotatable bonds is 5. The topological polar surface area (TPSA) is 114 Å². The van der Waals surface area contributed by atoms with E-state index in [1.54, 1.807) is 31.3 Å². The average Bonchev–Trinajstić information content (AvgIpc) is 3.35. The summed E-state index contributed by atoms with van der Waals surface area (Å²) in [6.45, 7) is 10.8. The van der Waals surface area contributed by atoms with Gasteiger partial charge in [-0.2, -0.15) is 0 Å². The van der Waals surface area contributed by atoms with E-state index in [4.69, 9.17) is 5.73 Å². The van der Waals surface area contributed by atoms with E-state index >= 15 is 0 Å². The Kier molecular flexibility index (Phi) is 11.6. The molecule has 3 amide bonds. The van der Waals surface area contributed by atoms with E-state index in [2.05, 4.69) is 29.5 Å². The van der Waals surface area contributed by atoms with Crippen molar-refractivity contribution < 1.29 is 18.8 Å². The summed E-state index contributed by atoms with van der Waals surface area (Å²) in [6.07, 6.45) is 2.42. The number of hydrogen-bond acceptors (Lipinski definition) is 5. The molecule has 1 aromatic carbocycles. The monoisotopic (exact) mass is 540 g/mol. The van der Waals surface area contributed by atoms with Crippen LogP contribution in [-0.4, -0.2) is 36.3 Å². The van der Waals surface area contributed by atoms with Gasteiger partial charge in [0, 0.05) is 30.5 Å². The maximum atomic E-state index is 12.6. The first-order chi connectivity index (χ1) is 18.0. The van der Waals surface area contributed by atoms with Crippen LogP contribution < -0.4 is 16.4 Å².